The topological polar surface area (TPSA) is 82.2 Å². The number of carbonyl (C=O) groups is 2. The molecule has 1 aliphatic carbocycles. The third-order valence-electron chi connectivity index (χ3n) is 2.09. The number of H-pyrrole nitrogens is 1. The first-order valence-electron chi connectivity index (χ1n) is 4.39. The molecule has 1 aromatic heterocycles. The van der Waals surface area contributed by atoms with Gasteiger partial charge in [0.25, 0.3) is 5.91 Å². The summed E-state index contributed by atoms with van der Waals surface area (Å²) in [5.41, 5.74) is 0.403. The predicted molar refractivity (Wildman–Crippen MR) is 48.2 cm³/mol. The lowest BCUT2D eigenvalue weighted by Gasteiger charge is -1.98. The summed E-state index contributed by atoms with van der Waals surface area (Å²) < 4.78 is 0. The molecule has 1 aromatic rings. The molecule has 3 N–H and O–H groups in total. The Balaban J connectivity index is 2.07. The average Bonchev–Trinajstić information content (AvgIpc) is 2.81. The molecule has 0 aliphatic heterocycles. The van der Waals surface area contributed by atoms with Crippen LogP contribution in [0.15, 0.2) is 12.3 Å². The number of rotatable bonds is 3. The minimum Gasteiger partial charge on any atom is -0.477 e. The molecular formula is C9H10N2O3. The van der Waals surface area contributed by atoms with Gasteiger partial charge in [-0.05, 0) is 18.9 Å². The Morgan fingerprint density at radius 1 is 1.50 bits per heavy atom. The van der Waals surface area contributed by atoms with Crippen LogP contribution in [0.3, 0.4) is 0 Å². The molecule has 0 saturated heterocycles. The zero-order valence-corrected chi connectivity index (χ0v) is 7.41. The Morgan fingerprint density at radius 3 is 2.71 bits per heavy atom. The summed E-state index contributed by atoms with van der Waals surface area (Å²) in [5, 5.41) is 11.4. The van der Waals surface area contributed by atoms with E-state index >= 15 is 0 Å². The molecule has 0 aromatic carbocycles. The van der Waals surface area contributed by atoms with Crippen LogP contribution in [0.1, 0.15) is 33.7 Å². The highest BCUT2D eigenvalue weighted by Crippen LogP contribution is 2.19. The van der Waals surface area contributed by atoms with Gasteiger partial charge in [-0.2, -0.15) is 0 Å². The molecule has 1 heterocycles. The number of hydrogen-bond donors (Lipinski definition) is 3. The largest absolute Gasteiger partial charge is 0.477 e. The number of aromatic amines is 1. The molecule has 74 valence electrons. The van der Waals surface area contributed by atoms with Crippen molar-refractivity contribution in [1.82, 2.24) is 10.3 Å². The summed E-state index contributed by atoms with van der Waals surface area (Å²) in [6.45, 7) is 0. The van der Waals surface area contributed by atoms with E-state index in [-0.39, 0.29) is 17.6 Å². The lowest BCUT2D eigenvalue weighted by atomic mass is 10.3. The summed E-state index contributed by atoms with van der Waals surface area (Å²) in [7, 11) is 0. The van der Waals surface area contributed by atoms with Gasteiger partial charge in [-0.1, -0.05) is 0 Å². The van der Waals surface area contributed by atoms with Crippen LogP contribution in [-0.4, -0.2) is 28.0 Å². The molecule has 0 bridgehead atoms. The van der Waals surface area contributed by atoms with Gasteiger partial charge in [0.1, 0.15) is 5.69 Å². The Kier molecular flexibility index (Phi) is 1.99. The predicted octanol–water partition coefficient (Wildman–Crippen LogP) is 0.605. The maximum Gasteiger partial charge on any atom is 0.352 e. The van der Waals surface area contributed by atoms with Crippen molar-refractivity contribution in [2.45, 2.75) is 18.9 Å². The molecule has 5 nitrogen and oxygen atoms in total. The summed E-state index contributed by atoms with van der Waals surface area (Å²) in [4.78, 5) is 24.4. The van der Waals surface area contributed by atoms with E-state index < -0.39 is 5.97 Å². The van der Waals surface area contributed by atoms with E-state index in [1.54, 1.807) is 0 Å². The number of aromatic carboxylic acids is 1. The molecule has 1 amide bonds. The summed E-state index contributed by atoms with van der Waals surface area (Å²) in [6.07, 6.45) is 3.44. The van der Waals surface area contributed by atoms with Gasteiger partial charge in [-0.15, -0.1) is 0 Å². The van der Waals surface area contributed by atoms with Gasteiger partial charge in [-0.3, -0.25) is 4.79 Å². The van der Waals surface area contributed by atoms with Crippen LogP contribution in [-0.2, 0) is 0 Å². The smallest absolute Gasteiger partial charge is 0.352 e. The maximum atomic E-state index is 11.4. The number of carbonyl (C=O) groups excluding carboxylic acids is 1. The van der Waals surface area contributed by atoms with Crippen LogP contribution < -0.4 is 5.32 Å². The fraction of sp³-hybridized carbons (Fsp3) is 0.333. The monoisotopic (exact) mass is 194 g/mol. The second-order valence-electron chi connectivity index (χ2n) is 3.35. The molecule has 14 heavy (non-hydrogen) atoms. The van der Waals surface area contributed by atoms with Gasteiger partial charge in [-0.25, -0.2) is 4.79 Å². The van der Waals surface area contributed by atoms with Gasteiger partial charge in [0, 0.05) is 12.2 Å². The number of aromatic nitrogens is 1. The van der Waals surface area contributed by atoms with Crippen molar-refractivity contribution in [1.29, 1.82) is 0 Å². The van der Waals surface area contributed by atoms with Crippen molar-refractivity contribution in [3.63, 3.8) is 0 Å². The summed E-state index contributed by atoms with van der Waals surface area (Å²) in [5.74, 6) is -1.27. The highest BCUT2D eigenvalue weighted by atomic mass is 16.4. The van der Waals surface area contributed by atoms with Gasteiger partial charge in [0.15, 0.2) is 0 Å². The molecule has 0 spiro atoms. The fourth-order valence-electron chi connectivity index (χ4n) is 1.15. The molecule has 1 aliphatic rings. The van der Waals surface area contributed by atoms with Gasteiger partial charge < -0.3 is 15.4 Å². The number of carboxylic acid groups (broad SMARTS) is 1. The van der Waals surface area contributed by atoms with Crippen molar-refractivity contribution in [2.75, 3.05) is 0 Å². The third kappa shape index (κ3) is 1.76. The number of hydrogen-bond acceptors (Lipinski definition) is 2. The zero-order chi connectivity index (χ0) is 10.1. The second-order valence-corrected chi connectivity index (χ2v) is 3.35. The Labute approximate surface area is 80.1 Å². The first kappa shape index (κ1) is 8.80. The van der Waals surface area contributed by atoms with Crippen LogP contribution in [0.25, 0.3) is 0 Å². The Bertz CT molecular complexity index is 379. The quantitative estimate of drug-likeness (QED) is 0.659. The molecule has 0 radical (unpaired) electrons. The maximum absolute atomic E-state index is 11.4. The van der Waals surface area contributed by atoms with E-state index in [1.807, 2.05) is 0 Å². The third-order valence-corrected chi connectivity index (χ3v) is 2.09. The first-order valence-corrected chi connectivity index (χ1v) is 4.39. The zero-order valence-electron chi connectivity index (χ0n) is 7.41. The van der Waals surface area contributed by atoms with Crippen molar-refractivity contribution < 1.29 is 14.7 Å². The normalized spacial score (nSPS) is 15.1. The van der Waals surface area contributed by atoms with Gasteiger partial charge in [0.2, 0.25) is 0 Å². The van der Waals surface area contributed by atoms with E-state index in [0.29, 0.717) is 5.56 Å². The van der Waals surface area contributed by atoms with E-state index in [9.17, 15) is 9.59 Å². The standard InChI is InChI=1S/C9H10N2O3/c12-8(11-6-1-2-6)5-3-7(9(13)14)10-4-5/h3-4,6,10H,1-2H2,(H,11,12)(H,13,14). The molecule has 1 fully saturated rings. The van der Waals surface area contributed by atoms with Crippen molar-refractivity contribution in [3.8, 4) is 0 Å². The Hall–Kier alpha value is -1.78. The Morgan fingerprint density at radius 2 is 2.21 bits per heavy atom. The highest BCUT2D eigenvalue weighted by Gasteiger charge is 2.24. The number of nitrogens with one attached hydrogen (secondary N) is 2. The van der Waals surface area contributed by atoms with Crippen molar-refractivity contribution >= 4 is 11.9 Å². The van der Waals surface area contributed by atoms with Crippen molar-refractivity contribution in [3.05, 3.63) is 23.5 Å². The molecule has 1 saturated carbocycles. The average molecular weight is 194 g/mol. The summed E-state index contributed by atoms with van der Waals surface area (Å²) in [6, 6.07) is 1.62. The SMILES string of the molecule is O=C(NC1CC1)c1c[nH]c(C(=O)O)c1. The molecule has 0 atom stereocenters. The molecule has 0 unspecified atom stereocenters. The van der Waals surface area contributed by atoms with E-state index in [4.69, 9.17) is 5.11 Å². The first-order chi connectivity index (χ1) is 6.66. The van der Waals surface area contributed by atoms with E-state index in [1.165, 1.54) is 12.3 Å². The lowest BCUT2D eigenvalue weighted by Crippen LogP contribution is -2.24. The lowest BCUT2D eigenvalue weighted by molar-refractivity contribution is 0.0691. The van der Waals surface area contributed by atoms with E-state index in [0.717, 1.165) is 12.8 Å². The number of amides is 1. The van der Waals surface area contributed by atoms with Crippen LogP contribution in [0.2, 0.25) is 0 Å². The van der Waals surface area contributed by atoms with E-state index in [2.05, 4.69) is 10.3 Å². The molecule has 5 heteroatoms. The number of carboxylic acids is 1. The minimum atomic E-state index is -1.06. The summed E-state index contributed by atoms with van der Waals surface area (Å²) >= 11 is 0. The molecule has 2 rings (SSSR count). The second kappa shape index (κ2) is 3.17. The van der Waals surface area contributed by atoms with Crippen LogP contribution in [0, 0.1) is 0 Å². The van der Waals surface area contributed by atoms with Crippen molar-refractivity contribution in [2.24, 2.45) is 0 Å². The van der Waals surface area contributed by atoms with Crippen LogP contribution >= 0.6 is 0 Å². The van der Waals surface area contributed by atoms with Crippen LogP contribution in [0.4, 0.5) is 0 Å². The molecular weight excluding hydrogens is 184 g/mol. The highest BCUT2D eigenvalue weighted by molar-refractivity contribution is 5.97. The van der Waals surface area contributed by atoms with Gasteiger partial charge >= 0.3 is 5.97 Å². The van der Waals surface area contributed by atoms with Crippen LogP contribution in [0.5, 0.6) is 0 Å². The minimum absolute atomic E-state index is 0.0333. The fourth-order valence-corrected chi connectivity index (χ4v) is 1.15. The van der Waals surface area contributed by atoms with Gasteiger partial charge in [0.05, 0.1) is 5.56 Å².